The molecule has 7 aromatic rings. The van der Waals surface area contributed by atoms with E-state index in [4.69, 9.17) is 103 Å². The predicted octanol–water partition coefficient (Wildman–Crippen LogP) is 16.2. The topological polar surface area (TPSA) is 57.4 Å². The fraction of sp³-hybridized carbons (Fsp3) is 0. The van der Waals surface area contributed by atoms with Gasteiger partial charge >= 0.3 is 17.1 Å². The molecule has 4 aromatic carbocycles. The number of hydrogen-bond donors (Lipinski definition) is 2. The van der Waals surface area contributed by atoms with E-state index in [-0.39, 0.29) is 57.3 Å². The quantitative estimate of drug-likeness (QED) is 0.173. The first-order valence-corrected chi connectivity index (χ1v) is 20.1. The number of hydrogen-bond acceptors (Lipinski definition) is 2. The van der Waals surface area contributed by atoms with E-state index < -0.39 is 0 Å². The fourth-order valence-electron chi connectivity index (χ4n) is 7.11. The van der Waals surface area contributed by atoms with Gasteiger partial charge in [0.2, 0.25) is 0 Å². The third-order valence-electron chi connectivity index (χ3n) is 9.62. The molecule has 0 radical (unpaired) electrons. The molecule has 2 N–H and O–H groups in total. The van der Waals surface area contributed by atoms with E-state index in [2.05, 4.69) is 9.97 Å². The summed E-state index contributed by atoms with van der Waals surface area (Å²) in [5, 5.41) is 1.64. The van der Waals surface area contributed by atoms with E-state index in [0.717, 1.165) is 22.3 Å². The SMILES string of the molecule is ClC1=C(Cl)c2nc1c(-c1ccccc1)c1[nH]c(c(Cl)c1Cl)c(-c1ccccc1)c1nc(c(-c3ccccc3)c3[nH]c(c(Cl)c3Cl)c2-c2ccccc2)C(Cl)=C1Cl.[Mn+3]. The monoisotopic (exact) mass is 941 g/mol. The van der Waals surface area contributed by atoms with E-state index in [0.29, 0.717) is 67.1 Å². The molecule has 0 aliphatic carbocycles. The number of aromatic amines is 2. The second-order valence-corrected chi connectivity index (χ2v) is 15.9. The summed E-state index contributed by atoms with van der Waals surface area (Å²) in [5.74, 6) is 0. The van der Waals surface area contributed by atoms with Gasteiger partial charge in [0.25, 0.3) is 0 Å². The number of benzene rings is 4. The Morgan fingerprint density at radius 2 is 0.491 bits per heavy atom. The summed E-state index contributed by atoms with van der Waals surface area (Å²) in [6.45, 7) is 0. The first-order chi connectivity index (χ1) is 27.2. The van der Waals surface area contributed by atoms with Gasteiger partial charge in [-0.1, -0.05) is 214 Å². The van der Waals surface area contributed by atoms with Crippen LogP contribution in [0.2, 0.25) is 20.1 Å². The van der Waals surface area contributed by atoms with Crippen LogP contribution in [0.25, 0.3) is 86.7 Å². The van der Waals surface area contributed by atoms with E-state index >= 15 is 0 Å². The maximum Gasteiger partial charge on any atom is 3.00 e. The van der Waals surface area contributed by atoms with Crippen LogP contribution in [0, 0.1) is 0 Å². The van der Waals surface area contributed by atoms with Gasteiger partial charge in [0.1, 0.15) is 0 Å². The molecule has 0 spiro atoms. The molecule has 8 bridgehead atoms. The number of aromatic nitrogens is 4. The number of nitrogens with one attached hydrogen (secondary N) is 2. The minimum absolute atomic E-state index is 0. The van der Waals surface area contributed by atoms with Gasteiger partial charge in [-0.3, -0.25) is 0 Å². The zero-order chi connectivity index (χ0) is 38.8. The number of fused-ring (bicyclic) bond motifs is 8. The van der Waals surface area contributed by atoms with Crippen molar-refractivity contribution in [3.05, 3.63) is 164 Å². The third-order valence-corrected chi connectivity index (χ3v) is 13.0. The number of rotatable bonds is 4. The van der Waals surface area contributed by atoms with Gasteiger partial charge in [-0.15, -0.1) is 0 Å². The van der Waals surface area contributed by atoms with Crippen LogP contribution < -0.4 is 0 Å². The molecule has 3 aromatic heterocycles. The Morgan fingerprint density at radius 3 is 0.684 bits per heavy atom. The molecule has 2 aliphatic heterocycles. The second-order valence-electron chi connectivity index (χ2n) is 12.8. The van der Waals surface area contributed by atoms with Crippen molar-refractivity contribution in [1.29, 1.82) is 0 Å². The van der Waals surface area contributed by atoms with Gasteiger partial charge < -0.3 is 9.97 Å². The number of halogens is 8. The molecular formula is C44H22Cl8MnN4+3. The summed E-state index contributed by atoms with van der Waals surface area (Å²) >= 11 is 58.1. The molecule has 0 saturated carbocycles. The van der Waals surface area contributed by atoms with Crippen LogP contribution in [0.3, 0.4) is 0 Å². The molecular weight excluding hydrogens is 923 g/mol. The summed E-state index contributed by atoms with van der Waals surface area (Å²) in [4.78, 5) is 17.5. The average molecular weight is 945 g/mol. The molecule has 0 atom stereocenters. The van der Waals surface area contributed by atoms with Crippen molar-refractivity contribution in [3.63, 3.8) is 0 Å². The summed E-state index contributed by atoms with van der Waals surface area (Å²) in [6, 6.07) is 38.3. The maximum atomic E-state index is 7.27. The Balaban J connectivity index is 0.00000455. The largest absolute Gasteiger partial charge is 3.00 e. The number of nitrogens with zero attached hydrogens (tertiary/aromatic N) is 2. The van der Waals surface area contributed by atoms with E-state index in [1.165, 1.54) is 0 Å². The summed E-state index contributed by atoms with van der Waals surface area (Å²) in [6.07, 6.45) is 0. The Bertz CT molecular complexity index is 2580. The average Bonchev–Trinajstić information content (AvgIpc) is 3.89. The van der Waals surface area contributed by atoms with Crippen molar-refractivity contribution >= 4 is 135 Å². The van der Waals surface area contributed by atoms with Gasteiger partial charge in [-0.05, 0) is 22.3 Å². The van der Waals surface area contributed by atoms with Crippen LogP contribution in [0.15, 0.2) is 121 Å². The van der Waals surface area contributed by atoms with Crippen molar-refractivity contribution in [3.8, 4) is 44.5 Å². The molecule has 0 fully saturated rings. The van der Waals surface area contributed by atoms with Crippen molar-refractivity contribution in [2.45, 2.75) is 0 Å². The van der Waals surface area contributed by atoms with Crippen LogP contribution in [0.1, 0.15) is 22.8 Å². The van der Waals surface area contributed by atoms with Gasteiger partial charge in [-0.25, -0.2) is 9.97 Å². The molecule has 9 rings (SSSR count). The van der Waals surface area contributed by atoms with E-state index in [1.54, 1.807) is 0 Å². The van der Waals surface area contributed by atoms with Crippen molar-refractivity contribution in [2.75, 3.05) is 0 Å². The molecule has 13 heteroatoms. The summed E-state index contributed by atoms with van der Waals surface area (Å²) in [5.41, 5.74) is 8.33. The van der Waals surface area contributed by atoms with Crippen molar-refractivity contribution < 1.29 is 17.1 Å². The van der Waals surface area contributed by atoms with Gasteiger partial charge in [0, 0.05) is 22.3 Å². The molecule has 4 nitrogen and oxygen atoms in total. The van der Waals surface area contributed by atoms with Crippen LogP contribution in [0.4, 0.5) is 0 Å². The van der Waals surface area contributed by atoms with E-state index in [9.17, 15) is 0 Å². The smallest absolute Gasteiger partial charge is 0.352 e. The first-order valence-electron chi connectivity index (χ1n) is 17.0. The zero-order valence-electron chi connectivity index (χ0n) is 28.8. The molecule has 278 valence electrons. The standard InChI is InChI=1S/C44H22Cl8N4.Mn/c45-29-31(47)39-26(22-15-7-2-8-16-22)41-33(49)35(51)43(55-41)28(24-19-11-4-12-20-24)44-36(52)34(50)42(56-44)27(23-17-9-3-10-18-23)40-32(48)30(46)38(54-40)25(37(29)53-39)21-13-5-1-6-14-21;/h1-20,53,56H;/q;+3. The van der Waals surface area contributed by atoms with Crippen molar-refractivity contribution in [1.82, 2.24) is 19.9 Å². The Kier molecular flexibility index (Phi) is 11.4. The summed E-state index contributed by atoms with van der Waals surface area (Å²) in [7, 11) is 0. The van der Waals surface area contributed by atoms with E-state index in [1.807, 2.05) is 121 Å². The van der Waals surface area contributed by atoms with Crippen LogP contribution in [0.5, 0.6) is 0 Å². The van der Waals surface area contributed by atoms with Gasteiger partial charge in [0.05, 0.1) is 85.1 Å². The van der Waals surface area contributed by atoms with Crippen LogP contribution >= 0.6 is 92.8 Å². The van der Waals surface area contributed by atoms with Gasteiger partial charge in [0.15, 0.2) is 0 Å². The van der Waals surface area contributed by atoms with Gasteiger partial charge in [-0.2, -0.15) is 0 Å². The van der Waals surface area contributed by atoms with Crippen LogP contribution in [-0.4, -0.2) is 19.9 Å². The molecule has 0 saturated heterocycles. The Morgan fingerprint density at radius 1 is 0.298 bits per heavy atom. The molecule has 57 heavy (non-hydrogen) atoms. The fourth-order valence-corrected chi connectivity index (χ4v) is 8.96. The minimum atomic E-state index is 0. The molecule has 0 unspecified atom stereocenters. The van der Waals surface area contributed by atoms with Crippen LogP contribution in [-0.2, 0) is 17.1 Å². The number of H-pyrrole nitrogens is 2. The first kappa shape index (κ1) is 40.1. The zero-order valence-corrected chi connectivity index (χ0v) is 36.1. The normalized spacial score (nSPS) is 12.6. The molecule has 5 heterocycles. The summed E-state index contributed by atoms with van der Waals surface area (Å²) < 4.78 is 0. The van der Waals surface area contributed by atoms with Crippen molar-refractivity contribution in [2.24, 2.45) is 0 Å². The Hall–Kier alpha value is -3.68. The Labute approximate surface area is 377 Å². The minimum Gasteiger partial charge on any atom is -0.352 e. The second kappa shape index (κ2) is 16.2. The predicted molar refractivity (Wildman–Crippen MR) is 240 cm³/mol. The maximum absolute atomic E-state index is 7.27. The molecule has 2 aliphatic rings. The third kappa shape index (κ3) is 6.73. The molecule has 0 amide bonds.